The van der Waals surface area contributed by atoms with E-state index in [9.17, 15) is 0 Å². The van der Waals surface area contributed by atoms with Gasteiger partial charge < -0.3 is 15.2 Å². The third kappa shape index (κ3) is 3.52. The molecule has 0 aromatic heterocycles. The lowest BCUT2D eigenvalue weighted by atomic mass is 10.1. The molecule has 106 valence electrons. The molecular weight excluding hydrogens is 318 g/mol. The first-order valence-electron chi connectivity index (χ1n) is 6.41. The second-order valence-electron chi connectivity index (χ2n) is 4.55. The fourth-order valence-corrected chi connectivity index (χ4v) is 2.40. The number of benzene rings is 2. The van der Waals surface area contributed by atoms with Crippen molar-refractivity contribution >= 4 is 15.9 Å². The van der Waals surface area contributed by atoms with Crippen LogP contribution in [0.25, 0.3) is 0 Å². The van der Waals surface area contributed by atoms with Crippen LogP contribution in [0, 0.1) is 6.92 Å². The second-order valence-corrected chi connectivity index (χ2v) is 5.47. The summed E-state index contributed by atoms with van der Waals surface area (Å²) in [5.74, 6) is 1.42. The van der Waals surface area contributed by atoms with Gasteiger partial charge in [0.25, 0.3) is 0 Å². The molecule has 1 atom stereocenters. The largest absolute Gasteiger partial charge is 0.493 e. The fourth-order valence-electron chi connectivity index (χ4n) is 1.98. The highest BCUT2D eigenvalue weighted by atomic mass is 79.9. The lowest BCUT2D eigenvalue weighted by molar-refractivity contribution is 0.204. The van der Waals surface area contributed by atoms with Crippen LogP contribution in [0.1, 0.15) is 17.2 Å². The first-order chi connectivity index (χ1) is 9.63. The smallest absolute Gasteiger partial charge is 0.162 e. The lowest BCUT2D eigenvalue weighted by Gasteiger charge is -2.20. The van der Waals surface area contributed by atoms with Crippen molar-refractivity contribution in [3.63, 3.8) is 0 Å². The predicted molar refractivity (Wildman–Crippen MR) is 84.3 cm³/mol. The van der Waals surface area contributed by atoms with Crippen LogP contribution in [0.2, 0.25) is 0 Å². The number of nitrogens with two attached hydrogens (primary N) is 1. The summed E-state index contributed by atoms with van der Waals surface area (Å²) in [5.41, 5.74) is 8.00. The minimum atomic E-state index is -0.205. The molecule has 0 heterocycles. The van der Waals surface area contributed by atoms with E-state index in [1.54, 1.807) is 7.11 Å². The number of methoxy groups -OCH3 is 1. The molecule has 2 aromatic rings. The Morgan fingerprint density at radius 1 is 1.15 bits per heavy atom. The molecule has 0 aliphatic carbocycles. The minimum Gasteiger partial charge on any atom is -0.493 e. The number of rotatable bonds is 5. The van der Waals surface area contributed by atoms with Gasteiger partial charge in [-0.15, -0.1) is 0 Å². The van der Waals surface area contributed by atoms with Gasteiger partial charge >= 0.3 is 0 Å². The maximum Gasteiger partial charge on any atom is 0.162 e. The molecule has 0 amide bonds. The molecule has 20 heavy (non-hydrogen) atoms. The molecule has 0 spiro atoms. The predicted octanol–water partition coefficient (Wildman–Crippen LogP) is 3.84. The van der Waals surface area contributed by atoms with Gasteiger partial charge in [-0.05, 0) is 42.3 Å². The molecule has 0 saturated carbocycles. The summed E-state index contributed by atoms with van der Waals surface area (Å²) < 4.78 is 12.4. The van der Waals surface area contributed by atoms with E-state index in [1.165, 1.54) is 0 Å². The summed E-state index contributed by atoms with van der Waals surface area (Å²) in [6, 6.07) is 13.8. The van der Waals surface area contributed by atoms with Crippen LogP contribution in [0.5, 0.6) is 11.5 Å². The van der Waals surface area contributed by atoms with E-state index in [4.69, 9.17) is 15.2 Å². The van der Waals surface area contributed by atoms with Crippen molar-refractivity contribution in [1.29, 1.82) is 0 Å². The summed E-state index contributed by atoms with van der Waals surface area (Å²) in [4.78, 5) is 0. The monoisotopic (exact) mass is 335 g/mol. The Kier molecular flexibility index (Phi) is 5.04. The number of ether oxygens (including phenoxy) is 2. The maximum atomic E-state index is 6.01. The second kappa shape index (κ2) is 6.77. The van der Waals surface area contributed by atoms with Crippen LogP contribution >= 0.6 is 15.9 Å². The maximum absolute atomic E-state index is 6.01. The van der Waals surface area contributed by atoms with Crippen LogP contribution < -0.4 is 15.2 Å². The van der Waals surface area contributed by atoms with Crippen molar-refractivity contribution in [2.45, 2.75) is 13.0 Å². The van der Waals surface area contributed by atoms with E-state index in [0.29, 0.717) is 12.3 Å². The van der Waals surface area contributed by atoms with Crippen molar-refractivity contribution in [2.75, 3.05) is 13.7 Å². The molecule has 0 radical (unpaired) electrons. The molecule has 0 saturated heterocycles. The molecular formula is C16H18BrNO2. The van der Waals surface area contributed by atoms with Crippen molar-refractivity contribution < 1.29 is 9.47 Å². The fraction of sp³-hybridized carbons (Fsp3) is 0.250. The Hall–Kier alpha value is -1.52. The van der Waals surface area contributed by atoms with Gasteiger partial charge in [0.2, 0.25) is 0 Å². The molecule has 2 rings (SSSR count). The first-order valence-corrected chi connectivity index (χ1v) is 7.20. The molecule has 1 unspecified atom stereocenters. The number of hydrogen-bond donors (Lipinski definition) is 1. The van der Waals surface area contributed by atoms with Crippen molar-refractivity contribution in [1.82, 2.24) is 0 Å². The average molecular weight is 336 g/mol. The zero-order valence-corrected chi connectivity index (χ0v) is 13.2. The van der Waals surface area contributed by atoms with Gasteiger partial charge in [0.1, 0.15) is 6.10 Å². The van der Waals surface area contributed by atoms with Crippen molar-refractivity contribution in [2.24, 2.45) is 5.73 Å². The molecule has 2 aromatic carbocycles. The molecule has 2 N–H and O–H groups in total. The highest BCUT2D eigenvalue weighted by Gasteiger charge is 2.14. The van der Waals surface area contributed by atoms with E-state index >= 15 is 0 Å². The van der Waals surface area contributed by atoms with E-state index < -0.39 is 0 Å². The standard InChI is InChI=1S/C16H18BrNO2/c1-11-6-7-14(15(8-11)19-2)20-16(10-18)12-4-3-5-13(17)9-12/h3-9,16H,10,18H2,1-2H3. The van der Waals surface area contributed by atoms with Gasteiger partial charge in [-0.3, -0.25) is 0 Å². The van der Waals surface area contributed by atoms with Gasteiger partial charge in [-0.1, -0.05) is 34.1 Å². The van der Waals surface area contributed by atoms with E-state index in [0.717, 1.165) is 21.3 Å². The van der Waals surface area contributed by atoms with Crippen LogP contribution in [0.15, 0.2) is 46.9 Å². The van der Waals surface area contributed by atoms with Crippen LogP contribution in [0.4, 0.5) is 0 Å². The summed E-state index contributed by atoms with van der Waals surface area (Å²) in [6.45, 7) is 2.41. The zero-order chi connectivity index (χ0) is 14.5. The van der Waals surface area contributed by atoms with Crippen molar-refractivity contribution in [3.05, 3.63) is 58.1 Å². The zero-order valence-electron chi connectivity index (χ0n) is 11.6. The van der Waals surface area contributed by atoms with Crippen LogP contribution in [0.3, 0.4) is 0 Å². The summed E-state index contributed by atoms with van der Waals surface area (Å²) >= 11 is 3.46. The molecule has 3 nitrogen and oxygen atoms in total. The average Bonchev–Trinajstić information content (AvgIpc) is 2.45. The van der Waals surface area contributed by atoms with Crippen LogP contribution in [-0.4, -0.2) is 13.7 Å². The van der Waals surface area contributed by atoms with Crippen LogP contribution in [-0.2, 0) is 0 Å². The van der Waals surface area contributed by atoms with Gasteiger partial charge in [-0.2, -0.15) is 0 Å². The Morgan fingerprint density at radius 3 is 2.60 bits per heavy atom. The Morgan fingerprint density at radius 2 is 1.95 bits per heavy atom. The number of halogens is 1. The number of hydrogen-bond acceptors (Lipinski definition) is 3. The van der Waals surface area contributed by atoms with Crippen molar-refractivity contribution in [3.8, 4) is 11.5 Å². The van der Waals surface area contributed by atoms with Gasteiger partial charge in [0.15, 0.2) is 11.5 Å². The lowest BCUT2D eigenvalue weighted by Crippen LogP contribution is -2.18. The highest BCUT2D eigenvalue weighted by molar-refractivity contribution is 9.10. The highest BCUT2D eigenvalue weighted by Crippen LogP contribution is 2.32. The normalized spacial score (nSPS) is 12.0. The van der Waals surface area contributed by atoms with E-state index in [1.807, 2.05) is 49.4 Å². The molecule has 0 aliphatic rings. The Bertz CT molecular complexity index is 586. The summed E-state index contributed by atoms with van der Waals surface area (Å²) in [7, 11) is 1.64. The Labute approximate surface area is 127 Å². The first kappa shape index (κ1) is 14.9. The Balaban J connectivity index is 2.26. The number of aryl methyl sites for hydroxylation is 1. The quantitative estimate of drug-likeness (QED) is 0.902. The minimum absolute atomic E-state index is 0.205. The van der Waals surface area contributed by atoms with Gasteiger partial charge in [-0.25, -0.2) is 0 Å². The summed E-state index contributed by atoms with van der Waals surface area (Å²) in [5, 5.41) is 0. The third-order valence-corrected chi connectivity index (χ3v) is 3.52. The topological polar surface area (TPSA) is 44.5 Å². The van der Waals surface area contributed by atoms with E-state index in [-0.39, 0.29) is 6.10 Å². The SMILES string of the molecule is COc1cc(C)ccc1OC(CN)c1cccc(Br)c1. The molecule has 4 heteroatoms. The van der Waals surface area contributed by atoms with Gasteiger partial charge in [0.05, 0.1) is 7.11 Å². The molecule has 0 aliphatic heterocycles. The molecule has 0 fully saturated rings. The summed E-state index contributed by atoms with van der Waals surface area (Å²) in [6.07, 6.45) is -0.205. The van der Waals surface area contributed by atoms with E-state index in [2.05, 4.69) is 15.9 Å². The molecule has 0 bridgehead atoms. The van der Waals surface area contributed by atoms with Gasteiger partial charge in [0, 0.05) is 11.0 Å². The third-order valence-electron chi connectivity index (χ3n) is 3.02.